The zero-order valence-electron chi connectivity index (χ0n) is 9.36. The van der Waals surface area contributed by atoms with Gasteiger partial charge < -0.3 is 0 Å². The molecule has 0 aliphatic rings. The van der Waals surface area contributed by atoms with E-state index in [2.05, 4.69) is 20.7 Å². The molecule has 1 heterocycles. The molecule has 0 atom stereocenters. The average molecular weight is 368 g/mol. The summed E-state index contributed by atoms with van der Waals surface area (Å²) < 4.78 is 52.8. The van der Waals surface area contributed by atoms with Gasteiger partial charge in [0.1, 0.15) is 15.8 Å². The van der Waals surface area contributed by atoms with Crippen molar-refractivity contribution < 1.29 is 17.2 Å². The number of thiophene rings is 1. The predicted molar refractivity (Wildman–Crippen MR) is 72.4 cm³/mol. The van der Waals surface area contributed by atoms with E-state index in [1.165, 1.54) is 6.07 Å². The Morgan fingerprint density at radius 2 is 1.79 bits per heavy atom. The van der Waals surface area contributed by atoms with E-state index in [4.69, 9.17) is 0 Å². The van der Waals surface area contributed by atoms with Crippen molar-refractivity contribution in [3.63, 3.8) is 0 Å². The van der Waals surface area contributed by atoms with Crippen LogP contribution in [0.4, 0.5) is 8.78 Å². The first-order valence-corrected chi connectivity index (χ1v) is 8.16. The van der Waals surface area contributed by atoms with E-state index in [-0.39, 0.29) is 16.3 Å². The summed E-state index contributed by atoms with van der Waals surface area (Å²) in [5.41, 5.74) is 0.219. The van der Waals surface area contributed by atoms with Crippen LogP contribution >= 0.6 is 27.3 Å². The van der Waals surface area contributed by atoms with Crippen LogP contribution in [-0.2, 0) is 16.6 Å². The van der Waals surface area contributed by atoms with Crippen molar-refractivity contribution in [3.8, 4) is 0 Å². The van der Waals surface area contributed by atoms with Gasteiger partial charge in [0.25, 0.3) is 0 Å². The van der Waals surface area contributed by atoms with Crippen molar-refractivity contribution in [3.05, 3.63) is 51.3 Å². The van der Waals surface area contributed by atoms with E-state index in [1.807, 2.05) is 0 Å². The third kappa shape index (κ3) is 3.82. The van der Waals surface area contributed by atoms with E-state index in [0.29, 0.717) is 3.79 Å². The second-order valence-electron chi connectivity index (χ2n) is 3.66. The topological polar surface area (TPSA) is 46.2 Å². The minimum absolute atomic E-state index is 0.135. The van der Waals surface area contributed by atoms with Crippen LogP contribution in [0.5, 0.6) is 0 Å². The smallest absolute Gasteiger partial charge is 0.207 e. The molecule has 0 saturated carbocycles. The van der Waals surface area contributed by atoms with Crippen LogP contribution in [0.3, 0.4) is 0 Å². The van der Waals surface area contributed by atoms with Crippen molar-refractivity contribution in [1.29, 1.82) is 0 Å². The molecule has 0 fully saturated rings. The minimum Gasteiger partial charge on any atom is -0.207 e. The lowest BCUT2D eigenvalue weighted by Crippen LogP contribution is -2.22. The van der Waals surface area contributed by atoms with E-state index in [9.17, 15) is 17.2 Å². The minimum atomic E-state index is -3.67. The molecule has 0 radical (unpaired) electrons. The van der Waals surface area contributed by atoms with Gasteiger partial charge in [-0.25, -0.2) is 21.9 Å². The normalized spacial score (nSPS) is 11.7. The quantitative estimate of drug-likeness (QED) is 0.901. The highest BCUT2D eigenvalue weighted by Crippen LogP contribution is 2.25. The molecule has 0 unspecified atom stereocenters. The van der Waals surface area contributed by atoms with Crippen molar-refractivity contribution in [2.75, 3.05) is 0 Å². The second-order valence-corrected chi connectivity index (χ2v) is 8.12. The van der Waals surface area contributed by atoms with Gasteiger partial charge in [-0.1, -0.05) is 0 Å². The SMILES string of the molecule is O=S(=O)(NCc1cc(F)cc(F)c1)c1ccc(Br)s1. The fraction of sp³-hybridized carbons (Fsp3) is 0.0909. The molecule has 0 aliphatic heterocycles. The largest absolute Gasteiger partial charge is 0.250 e. The lowest BCUT2D eigenvalue weighted by molar-refractivity contribution is 0.572. The van der Waals surface area contributed by atoms with Gasteiger partial charge in [-0.2, -0.15) is 0 Å². The van der Waals surface area contributed by atoms with Gasteiger partial charge in [0.15, 0.2) is 0 Å². The van der Waals surface area contributed by atoms with E-state index < -0.39 is 21.7 Å². The first kappa shape index (κ1) is 14.6. The molecule has 102 valence electrons. The summed E-state index contributed by atoms with van der Waals surface area (Å²) in [7, 11) is -3.67. The zero-order chi connectivity index (χ0) is 14.0. The maximum Gasteiger partial charge on any atom is 0.250 e. The highest BCUT2D eigenvalue weighted by Gasteiger charge is 2.16. The van der Waals surface area contributed by atoms with Gasteiger partial charge in [0.2, 0.25) is 10.0 Å². The fourth-order valence-corrected chi connectivity index (χ4v) is 4.48. The van der Waals surface area contributed by atoms with Gasteiger partial charge in [-0.3, -0.25) is 0 Å². The highest BCUT2D eigenvalue weighted by molar-refractivity contribution is 9.11. The van der Waals surface area contributed by atoms with Crippen LogP contribution in [0.15, 0.2) is 38.3 Å². The Hall–Kier alpha value is -0.830. The van der Waals surface area contributed by atoms with Gasteiger partial charge in [-0.15, -0.1) is 11.3 Å². The van der Waals surface area contributed by atoms with Crippen LogP contribution in [0.2, 0.25) is 0 Å². The molecule has 0 spiro atoms. The van der Waals surface area contributed by atoms with Gasteiger partial charge in [0, 0.05) is 12.6 Å². The average Bonchev–Trinajstić information content (AvgIpc) is 2.73. The van der Waals surface area contributed by atoms with Gasteiger partial charge >= 0.3 is 0 Å². The summed E-state index contributed by atoms with van der Waals surface area (Å²) >= 11 is 4.22. The Balaban J connectivity index is 2.14. The number of benzene rings is 1. The van der Waals surface area contributed by atoms with Crippen LogP contribution in [0.25, 0.3) is 0 Å². The standard InChI is InChI=1S/C11H8BrF2NO2S2/c12-10-1-2-11(18-10)19(16,17)15-6-7-3-8(13)5-9(14)4-7/h1-5,15H,6H2. The molecular weight excluding hydrogens is 360 g/mol. The summed E-state index contributed by atoms with van der Waals surface area (Å²) in [5, 5.41) is 0. The molecule has 0 aliphatic carbocycles. The van der Waals surface area contributed by atoms with Crippen LogP contribution in [0.1, 0.15) is 5.56 Å². The lowest BCUT2D eigenvalue weighted by atomic mass is 10.2. The Morgan fingerprint density at radius 3 is 2.32 bits per heavy atom. The summed E-state index contributed by atoms with van der Waals surface area (Å²) in [6, 6.07) is 5.95. The summed E-state index contributed by atoms with van der Waals surface area (Å²) in [5.74, 6) is -1.49. The Kier molecular flexibility index (Phi) is 4.34. The fourth-order valence-electron chi connectivity index (χ4n) is 1.40. The van der Waals surface area contributed by atoms with E-state index in [0.717, 1.165) is 29.5 Å². The third-order valence-corrected chi connectivity index (χ3v) is 5.72. The molecule has 2 aromatic rings. The molecule has 2 rings (SSSR count). The maximum atomic E-state index is 13.0. The van der Waals surface area contributed by atoms with Crippen LogP contribution in [0, 0.1) is 11.6 Å². The summed E-state index contributed by atoms with van der Waals surface area (Å²) in [6.45, 7) is -0.174. The Bertz CT molecular complexity index is 680. The zero-order valence-corrected chi connectivity index (χ0v) is 12.6. The van der Waals surface area contributed by atoms with Crippen LogP contribution < -0.4 is 4.72 Å². The third-order valence-electron chi connectivity index (χ3n) is 2.20. The maximum absolute atomic E-state index is 13.0. The monoisotopic (exact) mass is 367 g/mol. The number of rotatable bonds is 4. The van der Waals surface area contributed by atoms with Gasteiger partial charge in [-0.05, 0) is 45.8 Å². The summed E-state index contributed by atoms with van der Waals surface area (Å²) in [6.07, 6.45) is 0. The number of halogens is 3. The molecule has 0 saturated heterocycles. The second kappa shape index (κ2) is 5.66. The molecule has 0 amide bonds. The number of sulfonamides is 1. The van der Waals surface area contributed by atoms with Crippen molar-refractivity contribution in [1.82, 2.24) is 4.72 Å². The number of hydrogen-bond acceptors (Lipinski definition) is 3. The number of nitrogens with one attached hydrogen (secondary N) is 1. The van der Waals surface area contributed by atoms with Crippen molar-refractivity contribution >= 4 is 37.3 Å². The van der Waals surface area contributed by atoms with E-state index >= 15 is 0 Å². The predicted octanol–water partition coefficient (Wildman–Crippen LogP) is 3.27. The van der Waals surface area contributed by atoms with E-state index in [1.54, 1.807) is 6.07 Å². The molecular formula is C11H8BrF2NO2S2. The van der Waals surface area contributed by atoms with Gasteiger partial charge in [0.05, 0.1) is 3.79 Å². The molecule has 19 heavy (non-hydrogen) atoms. The summed E-state index contributed by atoms with van der Waals surface area (Å²) in [4.78, 5) is 0. The van der Waals surface area contributed by atoms with Crippen molar-refractivity contribution in [2.45, 2.75) is 10.8 Å². The first-order chi connectivity index (χ1) is 8.87. The Morgan fingerprint density at radius 1 is 1.16 bits per heavy atom. The highest BCUT2D eigenvalue weighted by atomic mass is 79.9. The molecule has 8 heteroatoms. The number of hydrogen-bond donors (Lipinski definition) is 1. The molecule has 1 aromatic carbocycles. The molecule has 1 aromatic heterocycles. The molecule has 3 nitrogen and oxygen atoms in total. The van der Waals surface area contributed by atoms with Crippen molar-refractivity contribution in [2.24, 2.45) is 0 Å². The lowest BCUT2D eigenvalue weighted by Gasteiger charge is -2.05. The Labute approximate surface area is 121 Å². The molecule has 0 bridgehead atoms. The molecule has 1 N–H and O–H groups in total. The first-order valence-electron chi connectivity index (χ1n) is 5.07. The van der Waals surface area contributed by atoms with Crippen LogP contribution in [-0.4, -0.2) is 8.42 Å².